The molecular weight excluding hydrogens is 416 g/mol. The summed E-state index contributed by atoms with van der Waals surface area (Å²) < 4.78 is 56.1. The number of benzene rings is 2. The summed E-state index contributed by atoms with van der Waals surface area (Å²) >= 11 is 10.9. The summed E-state index contributed by atoms with van der Waals surface area (Å²) in [4.78, 5) is 0. The van der Waals surface area contributed by atoms with E-state index in [1.54, 1.807) is 24.3 Å². The summed E-state index contributed by atoms with van der Waals surface area (Å²) in [5.41, 5.74) is -0.955. The highest BCUT2D eigenvalue weighted by molar-refractivity contribution is 6.55. The fourth-order valence-corrected chi connectivity index (χ4v) is 2.31. The second kappa shape index (κ2) is 10.5. The van der Waals surface area contributed by atoms with Gasteiger partial charge in [-0.2, -0.15) is 13.2 Å². The molecule has 0 radical (unpaired) electrons. The second-order valence-corrected chi connectivity index (χ2v) is 6.74. The van der Waals surface area contributed by atoms with Gasteiger partial charge in [0, 0.05) is 0 Å². The minimum Gasteiger partial charge on any atom is -0.494 e. The molecule has 3 nitrogen and oxygen atoms in total. The van der Waals surface area contributed by atoms with Gasteiger partial charge < -0.3 is 14.2 Å². The van der Waals surface area contributed by atoms with Crippen LogP contribution in [0, 0.1) is 0 Å². The molecule has 8 heteroatoms. The van der Waals surface area contributed by atoms with Crippen molar-refractivity contribution in [2.24, 2.45) is 0 Å². The van der Waals surface area contributed by atoms with Crippen molar-refractivity contribution < 1.29 is 27.4 Å². The van der Waals surface area contributed by atoms with Crippen molar-refractivity contribution in [1.82, 2.24) is 0 Å². The Kier molecular flexibility index (Phi) is 8.33. The van der Waals surface area contributed by atoms with Gasteiger partial charge in [-0.1, -0.05) is 36.5 Å². The average Bonchev–Trinajstić information content (AvgIpc) is 2.63. The molecular formula is C20H19Cl2F3O3. The normalized spacial score (nSPS) is 11.1. The maximum Gasteiger partial charge on any atom is 0.420 e. The van der Waals surface area contributed by atoms with Crippen LogP contribution in [0.15, 0.2) is 53.0 Å². The zero-order valence-corrected chi connectivity index (χ0v) is 16.6. The summed E-state index contributed by atoms with van der Waals surface area (Å²) in [5.74, 6) is 0.753. The summed E-state index contributed by atoms with van der Waals surface area (Å²) in [7, 11) is 0. The molecule has 0 N–H and O–H groups in total. The number of hydrogen-bond acceptors (Lipinski definition) is 3. The lowest BCUT2D eigenvalue weighted by Gasteiger charge is -2.15. The lowest BCUT2D eigenvalue weighted by atomic mass is 10.2. The SMILES string of the molecule is CCCCOc1ccc(Oc2ccc(OCC=C(Cl)Cl)c(C(F)(F)F)c2)cc1. The van der Waals surface area contributed by atoms with Crippen LogP contribution in [-0.4, -0.2) is 13.2 Å². The van der Waals surface area contributed by atoms with Gasteiger partial charge in [0.25, 0.3) is 0 Å². The van der Waals surface area contributed by atoms with E-state index < -0.39 is 11.7 Å². The van der Waals surface area contributed by atoms with E-state index >= 15 is 0 Å². The van der Waals surface area contributed by atoms with Gasteiger partial charge in [0.2, 0.25) is 0 Å². The number of unbranched alkanes of at least 4 members (excludes halogenated alkanes) is 1. The molecule has 0 saturated carbocycles. The Balaban J connectivity index is 2.12. The van der Waals surface area contributed by atoms with E-state index in [4.69, 9.17) is 37.4 Å². The Morgan fingerprint density at radius 3 is 2.21 bits per heavy atom. The minimum atomic E-state index is -4.61. The van der Waals surface area contributed by atoms with Crippen molar-refractivity contribution in [2.45, 2.75) is 25.9 Å². The zero-order chi connectivity index (χ0) is 20.6. The van der Waals surface area contributed by atoms with E-state index in [1.807, 2.05) is 0 Å². The minimum absolute atomic E-state index is 0.0326. The molecule has 0 aromatic heterocycles. The van der Waals surface area contributed by atoms with Crippen LogP contribution in [0.1, 0.15) is 25.3 Å². The molecule has 2 aromatic rings. The van der Waals surface area contributed by atoms with Crippen LogP contribution < -0.4 is 14.2 Å². The molecule has 0 amide bonds. The Labute approximate surface area is 171 Å². The standard InChI is InChI=1S/C20H19Cl2F3O3/c1-2-3-11-26-14-4-6-15(7-5-14)28-16-8-9-18(27-12-10-19(21)22)17(13-16)20(23,24)25/h4-10,13H,2-3,11-12H2,1H3. The first kappa shape index (κ1) is 22.2. The first-order valence-electron chi connectivity index (χ1n) is 8.55. The zero-order valence-electron chi connectivity index (χ0n) is 15.1. The van der Waals surface area contributed by atoms with Gasteiger partial charge in [0.05, 0.1) is 6.61 Å². The first-order chi connectivity index (χ1) is 13.3. The molecule has 0 aliphatic carbocycles. The molecule has 0 spiro atoms. The predicted octanol–water partition coefficient (Wildman–Crippen LogP) is 7.37. The van der Waals surface area contributed by atoms with E-state index in [-0.39, 0.29) is 22.6 Å². The number of alkyl halides is 3. The molecule has 0 unspecified atom stereocenters. The number of rotatable bonds is 9. The van der Waals surface area contributed by atoms with Gasteiger partial charge in [-0.25, -0.2) is 0 Å². The summed E-state index contributed by atoms with van der Waals surface area (Å²) in [6, 6.07) is 10.1. The molecule has 152 valence electrons. The molecule has 0 heterocycles. The lowest BCUT2D eigenvalue weighted by molar-refractivity contribution is -0.138. The third-order valence-electron chi connectivity index (χ3n) is 3.56. The van der Waals surface area contributed by atoms with E-state index in [0.29, 0.717) is 18.1 Å². The van der Waals surface area contributed by atoms with Crippen LogP contribution in [0.3, 0.4) is 0 Å². The van der Waals surface area contributed by atoms with Gasteiger partial charge in [-0.05, 0) is 55.0 Å². The first-order valence-corrected chi connectivity index (χ1v) is 9.31. The van der Waals surface area contributed by atoms with E-state index in [9.17, 15) is 13.2 Å². The highest BCUT2D eigenvalue weighted by Gasteiger charge is 2.35. The molecule has 0 aliphatic rings. The van der Waals surface area contributed by atoms with Crippen LogP contribution in [0.25, 0.3) is 0 Å². The van der Waals surface area contributed by atoms with Crippen LogP contribution in [0.4, 0.5) is 13.2 Å². The van der Waals surface area contributed by atoms with Crippen LogP contribution in [0.5, 0.6) is 23.0 Å². The molecule has 28 heavy (non-hydrogen) atoms. The molecule has 2 rings (SSSR count). The Hall–Kier alpha value is -2.05. The molecule has 0 saturated heterocycles. The van der Waals surface area contributed by atoms with Gasteiger partial charge >= 0.3 is 6.18 Å². The summed E-state index contributed by atoms with van der Waals surface area (Å²) in [6.07, 6.45) is -1.39. The number of hydrogen-bond donors (Lipinski definition) is 0. The fraction of sp³-hybridized carbons (Fsp3) is 0.300. The Bertz CT molecular complexity index is 786. The Morgan fingerprint density at radius 2 is 1.61 bits per heavy atom. The van der Waals surface area contributed by atoms with E-state index in [1.165, 1.54) is 18.2 Å². The predicted molar refractivity (Wildman–Crippen MR) is 104 cm³/mol. The van der Waals surface area contributed by atoms with E-state index in [2.05, 4.69) is 6.92 Å². The number of ether oxygens (including phenoxy) is 3. The number of halogens is 5. The largest absolute Gasteiger partial charge is 0.494 e. The molecule has 0 fully saturated rings. The highest BCUT2D eigenvalue weighted by Crippen LogP contribution is 2.39. The van der Waals surface area contributed by atoms with Gasteiger partial charge in [0.15, 0.2) is 0 Å². The second-order valence-electron chi connectivity index (χ2n) is 5.74. The van der Waals surface area contributed by atoms with Crippen molar-refractivity contribution in [3.05, 3.63) is 58.6 Å². The average molecular weight is 435 g/mol. The van der Waals surface area contributed by atoms with Gasteiger partial charge in [-0.15, -0.1) is 0 Å². The quantitative estimate of drug-likeness (QED) is 0.385. The van der Waals surface area contributed by atoms with Crippen LogP contribution in [-0.2, 0) is 6.18 Å². The topological polar surface area (TPSA) is 27.7 Å². The van der Waals surface area contributed by atoms with Crippen LogP contribution in [0.2, 0.25) is 0 Å². The maximum atomic E-state index is 13.3. The van der Waals surface area contributed by atoms with Gasteiger partial charge in [-0.3, -0.25) is 0 Å². The summed E-state index contributed by atoms with van der Waals surface area (Å²) in [6.45, 7) is 2.48. The van der Waals surface area contributed by atoms with Crippen molar-refractivity contribution >= 4 is 23.2 Å². The van der Waals surface area contributed by atoms with Crippen molar-refractivity contribution in [1.29, 1.82) is 0 Å². The smallest absolute Gasteiger partial charge is 0.420 e. The monoisotopic (exact) mass is 434 g/mol. The molecule has 0 aliphatic heterocycles. The maximum absolute atomic E-state index is 13.3. The lowest BCUT2D eigenvalue weighted by Crippen LogP contribution is -2.09. The van der Waals surface area contributed by atoms with Gasteiger partial charge in [0.1, 0.15) is 39.7 Å². The van der Waals surface area contributed by atoms with Crippen molar-refractivity contribution in [3.8, 4) is 23.0 Å². The molecule has 0 bridgehead atoms. The van der Waals surface area contributed by atoms with Crippen molar-refractivity contribution in [2.75, 3.05) is 13.2 Å². The Morgan fingerprint density at radius 1 is 0.964 bits per heavy atom. The van der Waals surface area contributed by atoms with Crippen molar-refractivity contribution in [3.63, 3.8) is 0 Å². The highest BCUT2D eigenvalue weighted by atomic mass is 35.5. The fourth-order valence-electron chi connectivity index (χ4n) is 2.19. The molecule has 0 atom stereocenters. The third kappa shape index (κ3) is 7.17. The van der Waals surface area contributed by atoms with E-state index in [0.717, 1.165) is 18.9 Å². The summed E-state index contributed by atoms with van der Waals surface area (Å²) in [5, 5.41) is 0. The molecule has 2 aromatic carbocycles. The van der Waals surface area contributed by atoms with Crippen LogP contribution >= 0.6 is 23.2 Å². The third-order valence-corrected chi connectivity index (χ3v) is 3.87.